The van der Waals surface area contributed by atoms with Gasteiger partial charge in [0.15, 0.2) is 5.16 Å². The number of carbonyl (C=O) groups excluding carboxylic acids is 2. The lowest BCUT2D eigenvalue weighted by Crippen LogP contribution is -2.39. The molecule has 0 saturated carbocycles. The molecular formula is C20H20N4O3S. The summed E-state index contributed by atoms with van der Waals surface area (Å²) < 4.78 is 1.49. The highest BCUT2D eigenvalue weighted by atomic mass is 32.2. The summed E-state index contributed by atoms with van der Waals surface area (Å²) in [5.74, 6) is -0.548. The second-order valence-electron chi connectivity index (χ2n) is 6.19. The third kappa shape index (κ3) is 4.07. The number of para-hydroxylation sites is 1. The van der Waals surface area contributed by atoms with Gasteiger partial charge in [0.2, 0.25) is 5.91 Å². The molecule has 0 radical (unpaired) electrons. The van der Waals surface area contributed by atoms with Crippen molar-refractivity contribution in [1.82, 2.24) is 14.9 Å². The number of nitrogens with two attached hydrogens (primary N) is 1. The van der Waals surface area contributed by atoms with E-state index < -0.39 is 17.2 Å². The van der Waals surface area contributed by atoms with Gasteiger partial charge in [-0.1, -0.05) is 43.0 Å². The molecule has 3 rings (SSSR count). The second-order valence-corrected chi connectivity index (χ2v) is 7.49. The smallest absolute Gasteiger partial charge is 0.318 e. The molecule has 0 fully saturated rings. The standard InChI is InChI=1S/C20H20N4O3S/c1-3-13-8-10-14(11-9-13)24-18(26)15-6-4-5-7-16(15)22-20(24)28-12(2)17(25)23-19(21)27/h4-12H,3H2,1-2H3,(H3,21,23,25,27). The molecule has 0 aliphatic carbocycles. The second kappa shape index (κ2) is 8.26. The fourth-order valence-electron chi connectivity index (χ4n) is 2.73. The summed E-state index contributed by atoms with van der Waals surface area (Å²) in [6.45, 7) is 3.67. The van der Waals surface area contributed by atoms with Gasteiger partial charge >= 0.3 is 6.03 Å². The minimum atomic E-state index is -0.920. The summed E-state index contributed by atoms with van der Waals surface area (Å²) in [5.41, 5.74) is 7.14. The molecule has 0 aliphatic heterocycles. The summed E-state index contributed by atoms with van der Waals surface area (Å²) in [5, 5.41) is 2.22. The summed E-state index contributed by atoms with van der Waals surface area (Å²) in [7, 11) is 0. The van der Waals surface area contributed by atoms with Crippen LogP contribution in [0, 0.1) is 0 Å². The average Bonchev–Trinajstić information content (AvgIpc) is 2.68. The Bertz CT molecular complexity index is 1090. The van der Waals surface area contributed by atoms with Gasteiger partial charge in [0, 0.05) is 0 Å². The third-order valence-corrected chi connectivity index (χ3v) is 5.30. The summed E-state index contributed by atoms with van der Waals surface area (Å²) in [6, 6.07) is 13.8. The molecule has 3 aromatic rings. The Morgan fingerprint density at radius 1 is 1.18 bits per heavy atom. The van der Waals surface area contributed by atoms with Crippen LogP contribution in [0.4, 0.5) is 4.79 Å². The number of rotatable bonds is 5. The highest BCUT2D eigenvalue weighted by Gasteiger charge is 2.21. The van der Waals surface area contributed by atoms with Gasteiger partial charge in [-0.3, -0.25) is 19.5 Å². The Morgan fingerprint density at radius 3 is 2.50 bits per heavy atom. The number of urea groups is 1. The van der Waals surface area contributed by atoms with E-state index in [1.165, 1.54) is 4.57 Å². The molecule has 3 amide bonds. The number of carbonyl (C=O) groups is 2. The fourth-order valence-corrected chi connectivity index (χ4v) is 3.66. The Labute approximate surface area is 166 Å². The van der Waals surface area contributed by atoms with Crippen molar-refractivity contribution < 1.29 is 9.59 Å². The van der Waals surface area contributed by atoms with Gasteiger partial charge in [-0.15, -0.1) is 0 Å². The molecule has 28 heavy (non-hydrogen) atoms. The van der Waals surface area contributed by atoms with Crippen LogP contribution in [0.3, 0.4) is 0 Å². The third-order valence-electron chi connectivity index (χ3n) is 4.25. The first-order chi connectivity index (χ1) is 13.4. The molecule has 0 bridgehead atoms. The molecule has 1 atom stereocenters. The zero-order valence-electron chi connectivity index (χ0n) is 15.5. The Balaban J connectivity index is 2.12. The minimum absolute atomic E-state index is 0.222. The largest absolute Gasteiger partial charge is 0.351 e. The lowest BCUT2D eigenvalue weighted by Gasteiger charge is -2.16. The molecule has 0 aliphatic rings. The Hall–Kier alpha value is -3.13. The van der Waals surface area contributed by atoms with Crippen molar-refractivity contribution in [3.8, 4) is 5.69 Å². The monoisotopic (exact) mass is 396 g/mol. The number of thioether (sulfide) groups is 1. The predicted molar refractivity (Wildman–Crippen MR) is 110 cm³/mol. The first kappa shape index (κ1) is 19.6. The summed E-state index contributed by atoms with van der Waals surface area (Å²) >= 11 is 1.09. The molecule has 144 valence electrons. The minimum Gasteiger partial charge on any atom is -0.351 e. The normalized spacial score (nSPS) is 11.9. The SMILES string of the molecule is CCc1ccc(-n2c(SC(C)C(=O)NC(N)=O)nc3ccccc3c2=O)cc1. The first-order valence-corrected chi connectivity index (χ1v) is 9.66. The highest BCUT2D eigenvalue weighted by molar-refractivity contribution is 8.00. The van der Waals surface area contributed by atoms with E-state index in [1.807, 2.05) is 24.3 Å². The summed E-state index contributed by atoms with van der Waals surface area (Å²) in [4.78, 5) is 40.8. The van der Waals surface area contributed by atoms with Gasteiger partial charge < -0.3 is 5.73 Å². The van der Waals surface area contributed by atoms with E-state index in [2.05, 4.69) is 17.2 Å². The number of fused-ring (bicyclic) bond motifs is 1. The fraction of sp³-hybridized carbons (Fsp3) is 0.200. The highest BCUT2D eigenvalue weighted by Crippen LogP contribution is 2.25. The van der Waals surface area contributed by atoms with Crippen molar-refractivity contribution in [2.24, 2.45) is 5.73 Å². The van der Waals surface area contributed by atoms with Crippen molar-refractivity contribution >= 4 is 34.6 Å². The number of aromatic nitrogens is 2. The van der Waals surface area contributed by atoms with E-state index in [1.54, 1.807) is 31.2 Å². The zero-order chi connectivity index (χ0) is 20.3. The molecule has 1 unspecified atom stereocenters. The van der Waals surface area contributed by atoms with E-state index >= 15 is 0 Å². The Morgan fingerprint density at radius 2 is 1.86 bits per heavy atom. The van der Waals surface area contributed by atoms with E-state index in [9.17, 15) is 14.4 Å². The number of benzene rings is 2. The van der Waals surface area contributed by atoms with Gasteiger partial charge in [-0.25, -0.2) is 9.78 Å². The topological polar surface area (TPSA) is 107 Å². The molecule has 1 aromatic heterocycles. The van der Waals surface area contributed by atoms with E-state index in [0.29, 0.717) is 21.7 Å². The number of hydrogen-bond acceptors (Lipinski definition) is 5. The molecule has 8 heteroatoms. The number of aryl methyl sites for hydroxylation is 1. The quantitative estimate of drug-likeness (QED) is 0.509. The van der Waals surface area contributed by atoms with Crippen LogP contribution in [0.25, 0.3) is 16.6 Å². The van der Waals surface area contributed by atoms with Gasteiger partial charge in [0.25, 0.3) is 5.56 Å². The van der Waals surface area contributed by atoms with E-state index in [-0.39, 0.29) is 5.56 Å². The van der Waals surface area contributed by atoms with E-state index in [0.717, 1.165) is 23.7 Å². The molecule has 7 nitrogen and oxygen atoms in total. The van der Waals surface area contributed by atoms with Crippen molar-refractivity contribution in [2.45, 2.75) is 30.7 Å². The van der Waals surface area contributed by atoms with Crippen molar-refractivity contribution in [2.75, 3.05) is 0 Å². The number of nitrogens with zero attached hydrogens (tertiary/aromatic N) is 2. The molecule has 1 heterocycles. The van der Waals surface area contributed by atoms with Crippen LogP contribution in [0.1, 0.15) is 19.4 Å². The molecule has 2 aromatic carbocycles. The van der Waals surface area contributed by atoms with Gasteiger partial charge in [-0.2, -0.15) is 0 Å². The van der Waals surface area contributed by atoms with Crippen LogP contribution in [-0.2, 0) is 11.2 Å². The summed E-state index contributed by atoms with van der Waals surface area (Å²) in [6.07, 6.45) is 0.886. The predicted octanol–water partition coefficient (Wildman–Crippen LogP) is 2.62. The van der Waals surface area contributed by atoms with Crippen LogP contribution in [0.5, 0.6) is 0 Å². The van der Waals surface area contributed by atoms with Gasteiger partial charge in [0.1, 0.15) is 0 Å². The first-order valence-electron chi connectivity index (χ1n) is 8.78. The Kier molecular flexibility index (Phi) is 5.79. The van der Waals surface area contributed by atoms with Crippen molar-refractivity contribution in [3.05, 3.63) is 64.4 Å². The number of amides is 3. The van der Waals surface area contributed by atoms with E-state index in [4.69, 9.17) is 5.73 Å². The number of imide groups is 1. The maximum absolute atomic E-state index is 13.2. The zero-order valence-corrected chi connectivity index (χ0v) is 16.3. The van der Waals surface area contributed by atoms with Crippen molar-refractivity contribution in [3.63, 3.8) is 0 Å². The molecular weight excluding hydrogens is 376 g/mol. The van der Waals surface area contributed by atoms with Gasteiger partial charge in [0.05, 0.1) is 21.8 Å². The van der Waals surface area contributed by atoms with Crippen LogP contribution in [-0.4, -0.2) is 26.7 Å². The number of hydrogen-bond donors (Lipinski definition) is 2. The van der Waals surface area contributed by atoms with Gasteiger partial charge in [-0.05, 0) is 43.2 Å². The molecule has 0 saturated heterocycles. The maximum atomic E-state index is 13.2. The van der Waals surface area contributed by atoms with Crippen LogP contribution >= 0.6 is 11.8 Å². The maximum Gasteiger partial charge on any atom is 0.318 e. The van der Waals surface area contributed by atoms with Crippen molar-refractivity contribution in [1.29, 1.82) is 0 Å². The number of nitrogens with one attached hydrogen (secondary N) is 1. The molecule has 0 spiro atoms. The van der Waals surface area contributed by atoms with Crippen LogP contribution in [0.15, 0.2) is 58.5 Å². The lowest BCUT2D eigenvalue weighted by atomic mass is 10.1. The average molecular weight is 396 g/mol. The van der Waals surface area contributed by atoms with Crippen LogP contribution in [0.2, 0.25) is 0 Å². The molecule has 3 N–H and O–H groups in total. The number of primary amides is 1. The van der Waals surface area contributed by atoms with Crippen LogP contribution < -0.4 is 16.6 Å². The lowest BCUT2D eigenvalue weighted by molar-refractivity contribution is -0.119.